The molecule has 21 heavy (non-hydrogen) atoms. The number of carbonyl (C=O) groups excluding carboxylic acids is 1. The van der Waals surface area contributed by atoms with Crippen LogP contribution in [0, 0.1) is 17.0 Å². The minimum atomic E-state index is -0.428. The van der Waals surface area contributed by atoms with Crippen molar-refractivity contribution in [3.63, 3.8) is 0 Å². The van der Waals surface area contributed by atoms with Gasteiger partial charge >= 0.3 is 0 Å². The van der Waals surface area contributed by atoms with E-state index in [-0.39, 0.29) is 36.7 Å². The highest BCUT2D eigenvalue weighted by Gasteiger charge is 2.17. The summed E-state index contributed by atoms with van der Waals surface area (Å²) in [4.78, 5) is 22.4. The van der Waals surface area contributed by atoms with Crippen molar-refractivity contribution in [2.75, 3.05) is 13.7 Å². The zero-order chi connectivity index (χ0) is 16.0. The molecule has 0 aliphatic heterocycles. The number of hydrogen-bond acceptors (Lipinski definition) is 5. The van der Waals surface area contributed by atoms with E-state index in [1.807, 2.05) is 0 Å². The number of nitrogens with zero attached hydrogens (tertiary/aromatic N) is 1. The number of methoxy groups -OCH3 is 1. The standard InChI is InChI=1S/C14H21N3O4/c1-9-4-5-11(6-13(9)17(19)20)10(2)16-14(18)7-12(8-15)21-3/h4-6,10,12H,7-8,15H2,1-3H3,(H,16,18). The minimum absolute atomic E-state index is 0.0466. The van der Waals surface area contributed by atoms with Gasteiger partial charge in [-0.15, -0.1) is 0 Å². The lowest BCUT2D eigenvalue weighted by Gasteiger charge is -2.17. The maximum Gasteiger partial charge on any atom is 0.272 e. The van der Waals surface area contributed by atoms with Crippen molar-refractivity contribution in [1.82, 2.24) is 5.32 Å². The molecule has 2 atom stereocenters. The highest BCUT2D eigenvalue weighted by molar-refractivity contribution is 5.77. The largest absolute Gasteiger partial charge is 0.380 e. The molecule has 0 spiro atoms. The molecule has 1 aromatic rings. The summed E-state index contributed by atoms with van der Waals surface area (Å²) in [5, 5.41) is 13.7. The van der Waals surface area contributed by atoms with Crippen LogP contribution in [-0.2, 0) is 9.53 Å². The van der Waals surface area contributed by atoms with Gasteiger partial charge in [-0.3, -0.25) is 14.9 Å². The molecule has 0 aliphatic rings. The van der Waals surface area contributed by atoms with Gasteiger partial charge in [0, 0.05) is 25.3 Å². The van der Waals surface area contributed by atoms with Crippen molar-refractivity contribution >= 4 is 11.6 Å². The molecule has 3 N–H and O–H groups in total. The van der Waals surface area contributed by atoms with Gasteiger partial charge in [0.1, 0.15) is 0 Å². The second-order valence-electron chi connectivity index (χ2n) is 4.89. The normalized spacial score (nSPS) is 13.5. The predicted molar refractivity (Wildman–Crippen MR) is 78.9 cm³/mol. The number of benzene rings is 1. The van der Waals surface area contributed by atoms with Crippen molar-refractivity contribution in [1.29, 1.82) is 0 Å². The lowest BCUT2D eigenvalue weighted by atomic mass is 10.0. The van der Waals surface area contributed by atoms with Gasteiger partial charge in [-0.25, -0.2) is 0 Å². The van der Waals surface area contributed by atoms with Gasteiger partial charge in [0.15, 0.2) is 0 Å². The number of carbonyl (C=O) groups is 1. The summed E-state index contributed by atoms with van der Waals surface area (Å²) in [5.41, 5.74) is 6.78. The lowest BCUT2D eigenvalue weighted by Crippen LogP contribution is -2.33. The van der Waals surface area contributed by atoms with Crippen LogP contribution >= 0.6 is 0 Å². The smallest absolute Gasteiger partial charge is 0.272 e. The Morgan fingerprint density at radius 1 is 1.52 bits per heavy atom. The molecule has 0 saturated carbocycles. The van der Waals surface area contributed by atoms with Crippen LogP contribution in [0.2, 0.25) is 0 Å². The van der Waals surface area contributed by atoms with Crippen LogP contribution < -0.4 is 11.1 Å². The minimum Gasteiger partial charge on any atom is -0.380 e. The Bertz CT molecular complexity index is 515. The van der Waals surface area contributed by atoms with E-state index in [0.717, 1.165) is 0 Å². The van der Waals surface area contributed by atoms with E-state index in [2.05, 4.69) is 5.32 Å². The molecule has 7 nitrogen and oxygen atoms in total. The lowest BCUT2D eigenvalue weighted by molar-refractivity contribution is -0.385. The fraction of sp³-hybridized carbons (Fsp3) is 0.500. The average Bonchev–Trinajstić information content (AvgIpc) is 2.44. The maximum atomic E-state index is 11.9. The second-order valence-corrected chi connectivity index (χ2v) is 4.89. The van der Waals surface area contributed by atoms with E-state index < -0.39 is 4.92 Å². The molecule has 0 saturated heterocycles. The molecule has 116 valence electrons. The summed E-state index contributed by atoms with van der Waals surface area (Å²) in [5.74, 6) is -0.206. The van der Waals surface area contributed by atoms with Crippen LogP contribution in [0.25, 0.3) is 0 Å². The second kappa shape index (κ2) is 7.70. The third kappa shape index (κ3) is 4.80. The topological polar surface area (TPSA) is 107 Å². The monoisotopic (exact) mass is 295 g/mol. The maximum absolute atomic E-state index is 11.9. The zero-order valence-electron chi connectivity index (χ0n) is 12.5. The Morgan fingerprint density at radius 3 is 2.71 bits per heavy atom. The fourth-order valence-electron chi connectivity index (χ4n) is 1.95. The van der Waals surface area contributed by atoms with E-state index >= 15 is 0 Å². The average molecular weight is 295 g/mol. The third-order valence-corrected chi connectivity index (χ3v) is 3.32. The molecule has 7 heteroatoms. The molecule has 1 amide bonds. The number of hydrogen-bond donors (Lipinski definition) is 2. The fourth-order valence-corrected chi connectivity index (χ4v) is 1.95. The predicted octanol–water partition coefficient (Wildman–Crippen LogP) is 1.44. The third-order valence-electron chi connectivity index (χ3n) is 3.32. The first-order valence-corrected chi connectivity index (χ1v) is 6.66. The van der Waals surface area contributed by atoms with Crippen molar-refractivity contribution in [3.05, 3.63) is 39.4 Å². The first-order valence-electron chi connectivity index (χ1n) is 6.66. The van der Waals surface area contributed by atoms with Crippen molar-refractivity contribution in [3.8, 4) is 0 Å². The van der Waals surface area contributed by atoms with E-state index in [1.54, 1.807) is 26.0 Å². The molecule has 1 rings (SSSR count). The summed E-state index contributed by atoms with van der Waals surface area (Å²) in [7, 11) is 1.50. The van der Waals surface area contributed by atoms with Crippen LogP contribution in [0.15, 0.2) is 18.2 Å². The Morgan fingerprint density at radius 2 is 2.19 bits per heavy atom. The number of nitrogens with one attached hydrogen (secondary N) is 1. The van der Waals surface area contributed by atoms with Crippen molar-refractivity contribution in [2.45, 2.75) is 32.4 Å². The summed E-state index contributed by atoms with van der Waals surface area (Å²) in [6.45, 7) is 3.71. The van der Waals surface area contributed by atoms with E-state index in [0.29, 0.717) is 11.1 Å². The van der Waals surface area contributed by atoms with Gasteiger partial charge in [-0.05, 0) is 19.4 Å². The van der Waals surface area contributed by atoms with E-state index in [4.69, 9.17) is 10.5 Å². The Labute approximate surface area is 123 Å². The van der Waals surface area contributed by atoms with Crippen molar-refractivity contribution in [2.24, 2.45) is 5.73 Å². The van der Waals surface area contributed by atoms with Gasteiger partial charge in [0.25, 0.3) is 5.69 Å². The Balaban J connectivity index is 2.75. The Hall–Kier alpha value is -1.99. The number of nitro groups is 1. The van der Waals surface area contributed by atoms with E-state index in [1.165, 1.54) is 13.2 Å². The molecule has 0 aromatic heterocycles. The van der Waals surface area contributed by atoms with Gasteiger partial charge in [0.2, 0.25) is 5.91 Å². The Kier molecular flexibility index (Phi) is 6.26. The first kappa shape index (κ1) is 17.1. The summed E-state index contributed by atoms with van der Waals surface area (Å²) in [6.07, 6.45) is -0.171. The summed E-state index contributed by atoms with van der Waals surface area (Å²) in [6, 6.07) is 4.60. The van der Waals surface area contributed by atoms with Gasteiger partial charge in [-0.2, -0.15) is 0 Å². The number of nitrogens with two attached hydrogens (primary N) is 1. The number of amides is 1. The number of ether oxygens (including phenoxy) is 1. The number of aryl methyl sites for hydroxylation is 1. The molecule has 0 aliphatic carbocycles. The highest BCUT2D eigenvalue weighted by atomic mass is 16.6. The van der Waals surface area contributed by atoms with Gasteiger partial charge < -0.3 is 15.8 Å². The molecule has 0 bridgehead atoms. The first-order chi connectivity index (χ1) is 9.88. The zero-order valence-corrected chi connectivity index (χ0v) is 12.5. The molecule has 0 heterocycles. The highest BCUT2D eigenvalue weighted by Crippen LogP contribution is 2.23. The van der Waals surface area contributed by atoms with Crippen LogP contribution in [0.1, 0.15) is 30.5 Å². The molecule has 2 unspecified atom stereocenters. The number of rotatable bonds is 7. The number of nitro benzene ring substituents is 1. The van der Waals surface area contributed by atoms with E-state index in [9.17, 15) is 14.9 Å². The summed E-state index contributed by atoms with van der Waals surface area (Å²) < 4.78 is 5.05. The van der Waals surface area contributed by atoms with Crippen molar-refractivity contribution < 1.29 is 14.5 Å². The quantitative estimate of drug-likeness (QED) is 0.584. The van der Waals surface area contributed by atoms with Crippen LogP contribution in [0.4, 0.5) is 5.69 Å². The van der Waals surface area contributed by atoms with Crippen LogP contribution in [0.5, 0.6) is 0 Å². The molecular weight excluding hydrogens is 274 g/mol. The van der Waals surface area contributed by atoms with Crippen LogP contribution in [-0.4, -0.2) is 30.6 Å². The molecule has 0 radical (unpaired) electrons. The van der Waals surface area contributed by atoms with Crippen LogP contribution in [0.3, 0.4) is 0 Å². The molecular formula is C14H21N3O4. The van der Waals surface area contributed by atoms with Gasteiger partial charge in [0.05, 0.1) is 23.5 Å². The SMILES string of the molecule is COC(CN)CC(=O)NC(C)c1ccc(C)c([N+](=O)[O-])c1. The molecule has 0 fully saturated rings. The van der Waals surface area contributed by atoms with Gasteiger partial charge in [-0.1, -0.05) is 12.1 Å². The molecule has 1 aromatic carbocycles. The summed E-state index contributed by atoms with van der Waals surface area (Å²) >= 11 is 0.